The van der Waals surface area contributed by atoms with Crippen molar-refractivity contribution >= 4 is 28.9 Å². The van der Waals surface area contributed by atoms with Gasteiger partial charge in [-0.3, -0.25) is 10.1 Å². The first-order chi connectivity index (χ1) is 10.0. The highest BCUT2D eigenvalue weighted by Gasteiger charge is 2.24. The highest BCUT2D eigenvalue weighted by molar-refractivity contribution is 6.31. The van der Waals surface area contributed by atoms with Gasteiger partial charge in [-0.25, -0.2) is 9.97 Å². The fourth-order valence-electron chi connectivity index (χ4n) is 1.81. The molecule has 2 rings (SSSR count). The monoisotopic (exact) mass is 307 g/mol. The Morgan fingerprint density at radius 3 is 2.67 bits per heavy atom. The van der Waals surface area contributed by atoms with E-state index in [9.17, 15) is 10.1 Å². The summed E-state index contributed by atoms with van der Waals surface area (Å²) in [5.41, 5.74) is 0.674. The Balaban J connectivity index is 2.30. The van der Waals surface area contributed by atoms with Crippen LogP contribution >= 0.6 is 11.6 Å². The third-order valence-corrected chi connectivity index (χ3v) is 3.18. The Labute approximate surface area is 126 Å². The lowest BCUT2D eigenvalue weighted by molar-refractivity contribution is -0.383. The molecule has 0 bridgehead atoms. The number of hydrogen-bond acceptors (Lipinski definition) is 6. The van der Waals surface area contributed by atoms with Crippen molar-refractivity contribution in [3.63, 3.8) is 0 Å². The second kappa shape index (κ2) is 6.36. The summed E-state index contributed by atoms with van der Waals surface area (Å²) in [6, 6.07) is 7.28. The molecule has 2 aromatic rings. The first-order valence-corrected chi connectivity index (χ1v) is 6.52. The molecule has 0 aliphatic heterocycles. The Bertz CT molecular complexity index is 663. The first kappa shape index (κ1) is 15.0. The van der Waals surface area contributed by atoms with E-state index in [4.69, 9.17) is 11.6 Å². The molecule has 0 unspecified atom stereocenters. The van der Waals surface area contributed by atoms with Crippen molar-refractivity contribution in [3.8, 4) is 0 Å². The normalized spacial score (nSPS) is 10.2. The molecule has 8 heteroatoms. The van der Waals surface area contributed by atoms with Crippen LogP contribution in [-0.2, 0) is 6.54 Å². The third-order valence-electron chi connectivity index (χ3n) is 2.81. The third kappa shape index (κ3) is 3.38. The average molecular weight is 308 g/mol. The summed E-state index contributed by atoms with van der Waals surface area (Å²) < 4.78 is 0. The minimum Gasteiger partial charge on any atom is -0.360 e. The Morgan fingerprint density at radius 1 is 1.33 bits per heavy atom. The number of halogens is 1. The smallest absolute Gasteiger partial charge is 0.353 e. The number of aromatic nitrogens is 2. The maximum absolute atomic E-state index is 11.3. The number of anilines is 2. The van der Waals surface area contributed by atoms with Crippen LogP contribution in [0.4, 0.5) is 17.3 Å². The molecule has 1 aromatic carbocycles. The maximum atomic E-state index is 11.3. The van der Waals surface area contributed by atoms with E-state index in [1.165, 1.54) is 6.33 Å². The second-order valence-corrected chi connectivity index (χ2v) is 4.90. The summed E-state index contributed by atoms with van der Waals surface area (Å²) in [4.78, 5) is 20.2. The lowest BCUT2D eigenvalue weighted by Gasteiger charge is -2.13. The van der Waals surface area contributed by atoms with Crippen LogP contribution in [0.2, 0.25) is 5.02 Å². The van der Waals surface area contributed by atoms with Gasteiger partial charge in [0.1, 0.15) is 6.33 Å². The van der Waals surface area contributed by atoms with Crippen LogP contribution in [0.3, 0.4) is 0 Å². The fourth-order valence-corrected chi connectivity index (χ4v) is 2.02. The molecular weight excluding hydrogens is 294 g/mol. The Kier molecular flexibility index (Phi) is 4.54. The SMILES string of the molecule is CN(C)c1ncnc(NCc2ccccc2Cl)c1[N+](=O)[O-]. The predicted octanol–water partition coefficient (Wildman–Crippen LogP) is 2.72. The van der Waals surface area contributed by atoms with Gasteiger partial charge in [0.2, 0.25) is 11.6 Å². The van der Waals surface area contributed by atoms with E-state index in [0.29, 0.717) is 11.6 Å². The van der Waals surface area contributed by atoms with Gasteiger partial charge in [-0.1, -0.05) is 29.8 Å². The molecule has 0 atom stereocenters. The van der Waals surface area contributed by atoms with Gasteiger partial charge in [0.15, 0.2) is 0 Å². The summed E-state index contributed by atoms with van der Waals surface area (Å²) in [6.45, 7) is 0.338. The van der Waals surface area contributed by atoms with Crippen molar-refractivity contribution < 1.29 is 4.92 Å². The molecule has 0 aliphatic carbocycles. The van der Waals surface area contributed by atoms with E-state index in [-0.39, 0.29) is 17.3 Å². The molecule has 21 heavy (non-hydrogen) atoms. The van der Waals surface area contributed by atoms with Crippen molar-refractivity contribution in [2.45, 2.75) is 6.54 Å². The summed E-state index contributed by atoms with van der Waals surface area (Å²) >= 11 is 6.06. The second-order valence-electron chi connectivity index (χ2n) is 4.49. The molecule has 0 amide bonds. The molecule has 1 N–H and O–H groups in total. The lowest BCUT2D eigenvalue weighted by atomic mass is 10.2. The summed E-state index contributed by atoms with van der Waals surface area (Å²) in [5, 5.41) is 14.8. The number of benzene rings is 1. The number of hydrogen-bond donors (Lipinski definition) is 1. The van der Waals surface area contributed by atoms with Crippen LogP contribution in [0.5, 0.6) is 0 Å². The average Bonchev–Trinajstić information content (AvgIpc) is 2.45. The summed E-state index contributed by atoms with van der Waals surface area (Å²) in [7, 11) is 3.38. The van der Waals surface area contributed by atoms with E-state index in [1.54, 1.807) is 25.1 Å². The molecule has 0 aliphatic rings. The molecule has 1 aromatic heterocycles. The zero-order valence-electron chi connectivity index (χ0n) is 11.6. The van der Waals surface area contributed by atoms with Crippen molar-refractivity contribution in [2.75, 3.05) is 24.3 Å². The molecule has 0 spiro atoms. The molecule has 7 nitrogen and oxygen atoms in total. The van der Waals surface area contributed by atoms with E-state index < -0.39 is 4.92 Å². The van der Waals surface area contributed by atoms with Gasteiger partial charge < -0.3 is 10.2 Å². The van der Waals surface area contributed by atoms with E-state index >= 15 is 0 Å². The lowest BCUT2D eigenvalue weighted by Crippen LogP contribution is -2.15. The molecular formula is C13H14ClN5O2. The van der Waals surface area contributed by atoms with Crippen LogP contribution in [0, 0.1) is 10.1 Å². The molecule has 0 fully saturated rings. The van der Waals surface area contributed by atoms with E-state index in [0.717, 1.165) is 5.56 Å². The van der Waals surface area contributed by atoms with Gasteiger partial charge in [0.05, 0.1) is 4.92 Å². The van der Waals surface area contributed by atoms with Gasteiger partial charge in [-0.15, -0.1) is 0 Å². The minimum absolute atomic E-state index is 0.158. The summed E-state index contributed by atoms with van der Waals surface area (Å²) in [6.07, 6.45) is 1.29. The first-order valence-electron chi connectivity index (χ1n) is 6.14. The van der Waals surface area contributed by atoms with Crippen molar-refractivity contribution in [1.29, 1.82) is 0 Å². The number of nitrogens with zero attached hydrogens (tertiary/aromatic N) is 4. The summed E-state index contributed by atoms with van der Waals surface area (Å²) in [5.74, 6) is 0.412. The van der Waals surface area contributed by atoms with Crippen LogP contribution in [0.1, 0.15) is 5.56 Å². The predicted molar refractivity (Wildman–Crippen MR) is 81.8 cm³/mol. The quantitative estimate of drug-likeness (QED) is 0.675. The van der Waals surface area contributed by atoms with Crippen LogP contribution in [0.15, 0.2) is 30.6 Å². The number of rotatable bonds is 5. The van der Waals surface area contributed by atoms with Gasteiger partial charge in [0.25, 0.3) is 0 Å². The number of nitro groups is 1. The molecule has 1 heterocycles. The highest BCUT2D eigenvalue weighted by atomic mass is 35.5. The van der Waals surface area contributed by atoms with Crippen LogP contribution < -0.4 is 10.2 Å². The van der Waals surface area contributed by atoms with Gasteiger partial charge in [0, 0.05) is 25.7 Å². The minimum atomic E-state index is -0.496. The zero-order valence-corrected chi connectivity index (χ0v) is 12.3. The molecule has 0 radical (unpaired) electrons. The van der Waals surface area contributed by atoms with Crippen LogP contribution in [0.25, 0.3) is 0 Å². The molecule has 0 saturated heterocycles. The Hall–Kier alpha value is -2.41. The van der Waals surface area contributed by atoms with Gasteiger partial charge in [-0.2, -0.15) is 0 Å². The van der Waals surface area contributed by atoms with Crippen molar-refractivity contribution in [2.24, 2.45) is 0 Å². The number of nitrogens with one attached hydrogen (secondary N) is 1. The van der Waals surface area contributed by atoms with Crippen molar-refractivity contribution in [3.05, 3.63) is 51.3 Å². The van der Waals surface area contributed by atoms with Gasteiger partial charge >= 0.3 is 5.69 Å². The van der Waals surface area contributed by atoms with E-state index in [2.05, 4.69) is 15.3 Å². The zero-order chi connectivity index (χ0) is 15.4. The topological polar surface area (TPSA) is 84.2 Å². The van der Waals surface area contributed by atoms with E-state index in [1.807, 2.05) is 18.2 Å². The van der Waals surface area contributed by atoms with Crippen molar-refractivity contribution in [1.82, 2.24) is 9.97 Å². The van der Waals surface area contributed by atoms with Crippen LogP contribution in [-0.4, -0.2) is 29.0 Å². The van der Waals surface area contributed by atoms with Gasteiger partial charge in [-0.05, 0) is 11.6 Å². The molecule has 0 saturated carbocycles. The highest BCUT2D eigenvalue weighted by Crippen LogP contribution is 2.31. The standard InChI is InChI=1S/C13H14ClN5O2/c1-18(2)13-11(19(20)21)12(16-8-17-13)15-7-9-5-3-4-6-10(9)14/h3-6,8H,7H2,1-2H3,(H,15,16,17). The maximum Gasteiger partial charge on any atom is 0.353 e. The fraction of sp³-hybridized carbons (Fsp3) is 0.231. The molecule has 110 valence electrons. The Morgan fingerprint density at radius 2 is 2.05 bits per heavy atom. The largest absolute Gasteiger partial charge is 0.360 e.